The maximum atomic E-state index is 9.78. The minimum atomic E-state index is 0.0501. The van der Waals surface area contributed by atoms with Crippen LogP contribution < -0.4 is 0 Å². The van der Waals surface area contributed by atoms with Crippen LogP contribution in [0.5, 0.6) is 0 Å². The molecule has 2 rings (SSSR count). The lowest BCUT2D eigenvalue weighted by Gasteiger charge is -2.16. The monoisotopic (exact) mass is 306 g/mol. The molecule has 1 atom stereocenters. The number of hydrogen-bond donors (Lipinski definition) is 1. The fraction of sp³-hybridized carbons (Fsp3) is 0.471. The molecule has 3 nitrogen and oxygen atoms in total. The van der Waals surface area contributed by atoms with Gasteiger partial charge in [0.2, 0.25) is 0 Å². The van der Waals surface area contributed by atoms with E-state index in [9.17, 15) is 5.11 Å². The fourth-order valence-electron chi connectivity index (χ4n) is 2.66. The summed E-state index contributed by atoms with van der Waals surface area (Å²) in [5.74, 6) is 0.0501. The number of hydrogen-bond acceptors (Lipinski definition) is 2. The summed E-state index contributed by atoms with van der Waals surface area (Å²) in [6, 6.07) is 8.29. The number of benzene rings is 1. The second-order valence-electron chi connectivity index (χ2n) is 5.37. The maximum absolute atomic E-state index is 9.78. The molecule has 1 N–H and O–H groups in total. The number of aliphatic hydroxyl groups is 1. The van der Waals surface area contributed by atoms with Crippen LogP contribution in [0.4, 0.5) is 0 Å². The number of rotatable bonds is 6. The van der Waals surface area contributed by atoms with E-state index in [0.717, 1.165) is 34.9 Å². The lowest BCUT2D eigenvalue weighted by molar-refractivity contribution is 0.262. The van der Waals surface area contributed by atoms with E-state index in [-0.39, 0.29) is 12.5 Å². The third-order valence-electron chi connectivity index (χ3n) is 3.87. The molecular weight excluding hydrogens is 284 g/mol. The molecule has 0 saturated heterocycles. The Kier molecular flexibility index (Phi) is 5.43. The Labute approximate surface area is 131 Å². The molecule has 0 saturated carbocycles. The molecule has 114 valence electrons. The van der Waals surface area contributed by atoms with Crippen molar-refractivity contribution < 1.29 is 5.11 Å². The number of halogens is 1. The largest absolute Gasteiger partial charge is 0.396 e. The Balaban J connectivity index is 2.32. The molecule has 0 bridgehead atoms. The van der Waals surface area contributed by atoms with Crippen molar-refractivity contribution in [3.05, 3.63) is 51.8 Å². The van der Waals surface area contributed by atoms with E-state index < -0.39 is 0 Å². The third kappa shape index (κ3) is 3.47. The number of aromatic nitrogens is 2. The number of aliphatic hydroxyl groups excluding tert-OH is 1. The summed E-state index contributed by atoms with van der Waals surface area (Å²) in [7, 11) is 0. The van der Waals surface area contributed by atoms with Gasteiger partial charge in [0.25, 0.3) is 0 Å². The first-order valence-corrected chi connectivity index (χ1v) is 7.89. The average Bonchev–Trinajstić information content (AvgIpc) is 2.80. The third-order valence-corrected chi connectivity index (χ3v) is 4.30. The van der Waals surface area contributed by atoms with E-state index in [0.29, 0.717) is 6.42 Å². The Morgan fingerprint density at radius 2 is 2.10 bits per heavy atom. The lowest BCUT2D eigenvalue weighted by Crippen LogP contribution is -2.12. The van der Waals surface area contributed by atoms with E-state index in [2.05, 4.69) is 44.1 Å². The van der Waals surface area contributed by atoms with Crippen LogP contribution in [0.1, 0.15) is 42.3 Å². The summed E-state index contributed by atoms with van der Waals surface area (Å²) in [5.41, 5.74) is 4.32. The van der Waals surface area contributed by atoms with E-state index in [1.54, 1.807) is 0 Å². The summed E-state index contributed by atoms with van der Waals surface area (Å²) < 4.78 is 1.96. The summed E-state index contributed by atoms with van der Waals surface area (Å²) in [4.78, 5) is 0. The Bertz CT molecular complexity index is 607. The van der Waals surface area contributed by atoms with Crippen LogP contribution in [0.2, 0.25) is 5.02 Å². The van der Waals surface area contributed by atoms with Crippen LogP contribution in [-0.4, -0.2) is 21.5 Å². The first-order valence-electron chi connectivity index (χ1n) is 7.52. The molecule has 1 heterocycles. The van der Waals surface area contributed by atoms with Gasteiger partial charge >= 0.3 is 0 Å². The van der Waals surface area contributed by atoms with E-state index in [1.165, 1.54) is 5.56 Å². The number of aryl methyl sites for hydroxylation is 3. The van der Waals surface area contributed by atoms with Gasteiger partial charge in [0, 0.05) is 12.5 Å². The smallest absolute Gasteiger partial charge is 0.0850 e. The summed E-state index contributed by atoms with van der Waals surface area (Å²) in [5, 5.41) is 15.1. The van der Waals surface area contributed by atoms with E-state index in [1.807, 2.05) is 10.7 Å². The predicted octanol–water partition coefficient (Wildman–Crippen LogP) is 3.75. The molecule has 21 heavy (non-hydrogen) atoms. The van der Waals surface area contributed by atoms with Crippen LogP contribution >= 0.6 is 11.6 Å². The Morgan fingerprint density at radius 1 is 1.33 bits per heavy atom. The maximum Gasteiger partial charge on any atom is 0.0850 e. The molecule has 1 unspecified atom stereocenters. The molecule has 4 heteroatoms. The van der Waals surface area contributed by atoms with Gasteiger partial charge in [-0.15, -0.1) is 0 Å². The highest BCUT2D eigenvalue weighted by Crippen LogP contribution is 2.28. The quantitative estimate of drug-likeness (QED) is 0.882. The first-order chi connectivity index (χ1) is 10.1. The SMILES string of the molecule is CCc1nn(CC)c(CC(CO)c2cccc(C)c2)c1Cl. The highest BCUT2D eigenvalue weighted by atomic mass is 35.5. The van der Waals surface area contributed by atoms with Gasteiger partial charge in [-0.1, -0.05) is 48.4 Å². The van der Waals surface area contributed by atoms with Gasteiger partial charge in [0.05, 0.1) is 23.0 Å². The molecule has 0 aliphatic carbocycles. The number of nitrogens with zero attached hydrogens (tertiary/aromatic N) is 2. The Hall–Kier alpha value is -1.32. The molecule has 0 radical (unpaired) electrons. The zero-order valence-electron chi connectivity index (χ0n) is 12.9. The van der Waals surface area contributed by atoms with Crippen molar-refractivity contribution in [3.8, 4) is 0 Å². The highest BCUT2D eigenvalue weighted by molar-refractivity contribution is 6.31. The molecule has 0 aliphatic rings. The van der Waals surface area contributed by atoms with Crippen molar-refractivity contribution in [2.75, 3.05) is 6.61 Å². The molecule has 0 fully saturated rings. The summed E-state index contributed by atoms with van der Waals surface area (Å²) in [6.45, 7) is 7.09. The molecule has 0 aliphatic heterocycles. The van der Waals surface area contributed by atoms with Crippen molar-refractivity contribution in [1.82, 2.24) is 9.78 Å². The lowest BCUT2D eigenvalue weighted by atomic mass is 9.93. The molecule has 0 amide bonds. The van der Waals surface area contributed by atoms with Crippen LogP contribution in [0.25, 0.3) is 0 Å². The Morgan fingerprint density at radius 3 is 2.67 bits per heavy atom. The van der Waals surface area contributed by atoms with Crippen molar-refractivity contribution in [2.24, 2.45) is 0 Å². The van der Waals surface area contributed by atoms with Gasteiger partial charge in [0.15, 0.2) is 0 Å². The molecule has 0 spiro atoms. The van der Waals surface area contributed by atoms with Crippen LogP contribution in [-0.2, 0) is 19.4 Å². The topological polar surface area (TPSA) is 38.0 Å². The standard InChI is InChI=1S/C17H23ClN2O/c1-4-15-17(18)16(20(5-2)19-15)10-14(11-21)13-8-6-7-12(3)9-13/h6-9,14,21H,4-5,10-11H2,1-3H3. The molecule has 1 aromatic carbocycles. The van der Waals surface area contributed by atoms with Crippen molar-refractivity contribution >= 4 is 11.6 Å². The fourth-order valence-corrected chi connectivity index (χ4v) is 3.00. The van der Waals surface area contributed by atoms with Gasteiger partial charge in [-0.3, -0.25) is 4.68 Å². The predicted molar refractivity (Wildman–Crippen MR) is 87.0 cm³/mol. The van der Waals surface area contributed by atoms with Gasteiger partial charge in [-0.25, -0.2) is 0 Å². The minimum Gasteiger partial charge on any atom is -0.396 e. The van der Waals surface area contributed by atoms with Crippen molar-refractivity contribution in [2.45, 2.75) is 46.1 Å². The normalized spacial score (nSPS) is 12.6. The van der Waals surface area contributed by atoms with Crippen molar-refractivity contribution in [3.63, 3.8) is 0 Å². The van der Waals surface area contributed by atoms with Gasteiger partial charge in [-0.2, -0.15) is 5.10 Å². The van der Waals surface area contributed by atoms with Gasteiger partial charge < -0.3 is 5.11 Å². The zero-order valence-corrected chi connectivity index (χ0v) is 13.7. The van der Waals surface area contributed by atoms with E-state index in [4.69, 9.17) is 11.6 Å². The minimum absolute atomic E-state index is 0.0501. The highest BCUT2D eigenvalue weighted by Gasteiger charge is 2.19. The van der Waals surface area contributed by atoms with Crippen molar-refractivity contribution in [1.29, 1.82) is 0 Å². The second-order valence-corrected chi connectivity index (χ2v) is 5.75. The zero-order chi connectivity index (χ0) is 15.4. The molecule has 2 aromatic rings. The summed E-state index contributed by atoms with van der Waals surface area (Å²) >= 11 is 6.46. The van der Waals surface area contributed by atoms with Gasteiger partial charge in [0.1, 0.15) is 0 Å². The van der Waals surface area contributed by atoms with Gasteiger partial charge in [-0.05, 0) is 32.3 Å². The van der Waals surface area contributed by atoms with Crippen LogP contribution in [0.15, 0.2) is 24.3 Å². The molecular formula is C17H23ClN2O. The first kappa shape index (κ1) is 16.1. The molecule has 1 aromatic heterocycles. The van der Waals surface area contributed by atoms with E-state index >= 15 is 0 Å². The summed E-state index contributed by atoms with van der Waals surface area (Å²) in [6.07, 6.45) is 1.53. The van der Waals surface area contributed by atoms with Crippen LogP contribution in [0, 0.1) is 6.92 Å². The van der Waals surface area contributed by atoms with Crippen LogP contribution in [0.3, 0.4) is 0 Å². The average molecular weight is 307 g/mol. The second kappa shape index (κ2) is 7.10.